The molecular weight excluding hydrogens is 347 g/mol. The van der Waals surface area contributed by atoms with Gasteiger partial charge in [0.25, 0.3) is 0 Å². The molecule has 1 aliphatic rings. The third-order valence-corrected chi connectivity index (χ3v) is 4.93. The van der Waals surface area contributed by atoms with E-state index in [1.807, 2.05) is 19.1 Å². The minimum absolute atomic E-state index is 0.0519. The molecule has 1 fully saturated rings. The van der Waals surface area contributed by atoms with Crippen molar-refractivity contribution in [2.24, 2.45) is 5.92 Å². The Hall–Kier alpha value is -1.85. The second-order valence-electron chi connectivity index (χ2n) is 5.91. The lowest BCUT2D eigenvalue weighted by Crippen LogP contribution is -2.41. The number of carbonyl (C=O) groups is 1. The predicted molar refractivity (Wildman–Crippen MR) is 96.8 cm³/mol. The van der Waals surface area contributed by atoms with Crippen molar-refractivity contribution >= 4 is 40.6 Å². The fourth-order valence-electron chi connectivity index (χ4n) is 2.79. The van der Waals surface area contributed by atoms with Crippen molar-refractivity contribution in [2.75, 3.05) is 23.3 Å². The molecule has 2 heterocycles. The number of rotatable bonds is 3. The van der Waals surface area contributed by atoms with Crippen LogP contribution in [-0.2, 0) is 4.79 Å². The summed E-state index contributed by atoms with van der Waals surface area (Å²) >= 11 is 12.1. The SMILES string of the molecule is Cc1ccc(N2CCCC(C(=O)Nc3cccc(Cl)c3Cl)C2)nn1. The second kappa shape index (κ2) is 7.36. The van der Waals surface area contributed by atoms with Gasteiger partial charge in [0.05, 0.1) is 27.3 Å². The number of aryl methyl sites for hydroxylation is 1. The van der Waals surface area contributed by atoms with E-state index in [1.165, 1.54) is 0 Å². The Kier molecular flexibility index (Phi) is 5.21. The Labute approximate surface area is 151 Å². The van der Waals surface area contributed by atoms with E-state index in [2.05, 4.69) is 20.4 Å². The molecule has 0 aliphatic carbocycles. The summed E-state index contributed by atoms with van der Waals surface area (Å²) in [6.07, 6.45) is 1.76. The standard InChI is InChI=1S/C17H18Cl2N4O/c1-11-7-8-15(22-21-11)23-9-3-4-12(10-23)17(24)20-14-6-2-5-13(18)16(14)19/h2,5-8,12H,3-4,9-10H2,1H3,(H,20,24). The van der Waals surface area contributed by atoms with Crippen molar-refractivity contribution in [2.45, 2.75) is 19.8 Å². The number of halogens is 2. The minimum atomic E-state index is -0.128. The lowest BCUT2D eigenvalue weighted by molar-refractivity contribution is -0.120. The summed E-state index contributed by atoms with van der Waals surface area (Å²) in [6.45, 7) is 3.39. The highest BCUT2D eigenvalue weighted by molar-refractivity contribution is 6.44. The Balaban J connectivity index is 1.69. The number of hydrogen-bond acceptors (Lipinski definition) is 4. The summed E-state index contributed by atoms with van der Waals surface area (Å²) in [6, 6.07) is 9.07. The average molecular weight is 365 g/mol. The van der Waals surface area contributed by atoms with Crippen LogP contribution in [0.4, 0.5) is 11.5 Å². The van der Waals surface area contributed by atoms with Gasteiger partial charge in [0.15, 0.2) is 5.82 Å². The molecule has 126 valence electrons. The zero-order chi connectivity index (χ0) is 17.1. The summed E-state index contributed by atoms with van der Waals surface area (Å²) in [5, 5.41) is 12.0. The van der Waals surface area contributed by atoms with E-state index in [9.17, 15) is 4.79 Å². The Morgan fingerprint density at radius 3 is 2.83 bits per heavy atom. The first-order chi connectivity index (χ1) is 11.5. The second-order valence-corrected chi connectivity index (χ2v) is 6.69. The number of carbonyl (C=O) groups excluding carboxylic acids is 1. The van der Waals surface area contributed by atoms with E-state index in [0.29, 0.717) is 22.3 Å². The zero-order valence-corrected chi connectivity index (χ0v) is 14.8. The van der Waals surface area contributed by atoms with Crippen LogP contribution in [-0.4, -0.2) is 29.2 Å². The van der Waals surface area contributed by atoms with Gasteiger partial charge in [-0.3, -0.25) is 4.79 Å². The lowest BCUT2D eigenvalue weighted by Gasteiger charge is -2.32. The van der Waals surface area contributed by atoms with E-state index in [0.717, 1.165) is 30.9 Å². The van der Waals surface area contributed by atoms with Crippen LogP contribution in [0.1, 0.15) is 18.5 Å². The summed E-state index contributed by atoms with van der Waals surface area (Å²) in [7, 11) is 0. The number of nitrogens with zero attached hydrogens (tertiary/aromatic N) is 3. The van der Waals surface area contributed by atoms with Crippen LogP contribution in [0, 0.1) is 12.8 Å². The quantitative estimate of drug-likeness (QED) is 0.895. The van der Waals surface area contributed by atoms with E-state index >= 15 is 0 Å². The minimum Gasteiger partial charge on any atom is -0.354 e. The van der Waals surface area contributed by atoms with E-state index < -0.39 is 0 Å². The molecule has 5 nitrogen and oxygen atoms in total. The molecule has 2 aromatic rings. The van der Waals surface area contributed by atoms with Crippen LogP contribution >= 0.6 is 23.2 Å². The van der Waals surface area contributed by atoms with Gasteiger partial charge < -0.3 is 10.2 Å². The average Bonchev–Trinajstić information content (AvgIpc) is 2.60. The van der Waals surface area contributed by atoms with E-state index in [1.54, 1.807) is 18.2 Å². The molecule has 1 aromatic heterocycles. The number of piperidine rings is 1. The molecule has 1 aromatic carbocycles. The van der Waals surface area contributed by atoms with Gasteiger partial charge in [-0.25, -0.2) is 0 Å². The van der Waals surface area contributed by atoms with Crippen LogP contribution < -0.4 is 10.2 Å². The molecule has 24 heavy (non-hydrogen) atoms. The number of anilines is 2. The molecule has 3 rings (SSSR count). The molecule has 1 N–H and O–H groups in total. The summed E-state index contributed by atoms with van der Waals surface area (Å²) in [4.78, 5) is 14.7. The highest BCUT2D eigenvalue weighted by atomic mass is 35.5. The molecule has 0 saturated carbocycles. The Morgan fingerprint density at radius 2 is 2.08 bits per heavy atom. The van der Waals surface area contributed by atoms with Crippen LogP contribution in [0.5, 0.6) is 0 Å². The maximum atomic E-state index is 12.6. The third kappa shape index (κ3) is 3.79. The Bertz CT molecular complexity index is 736. The third-order valence-electron chi connectivity index (χ3n) is 4.11. The number of hydrogen-bond donors (Lipinski definition) is 1. The lowest BCUT2D eigenvalue weighted by atomic mass is 9.97. The zero-order valence-electron chi connectivity index (χ0n) is 13.3. The van der Waals surface area contributed by atoms with Gasteiger partial charge in [-0.2, -0.15) is 5.10 Å². The van der Waals surface area contributed by atoms with Crippen LogP contribution in [0.25, 0.3) is 0 Å². The van der Waals surface area contributed by atoms with E-state index in [4.69, 9.17) is 23.2 Å². The van der Waals surface area contributed by atoms with Gasteiger partial charge in [-0.05, 0) is 44.0 Å². The molecule has 0 spiro atoms. The van der Waals surface area contributed by atoms with E-state index in [-0.39, 0.29) is 11.8 Å². The highest BCUT2D eigenvalue weighted by Crippen LogP contribution is 2.30. The van der Waals surface area contributed by atoms with Gasteiger partial charge in [0, 0.05) is 13.1 Å². The topological polar surface area (TPSA) is 58.1 Å². The van der Waals surface area contributed by atoms with Gasteiger partial charge in [0.2, 0.25) is 5.91 Å². The van der Waals surface area contributed by atoms with Gasteiger partial charge in [-0.1, -0.05) is 29.3 Å². The smallest absolute Gasteiger partial charge is 0.229 e. The van der Waals surface area contributed by atoms with Crippen LogP contribution in [0.15, 0.2) is 30.3 Å². The van der Waals surface area contributed by atoms with Crippen molar-refractivity contribution < 1.29 is 4.79 Å². The van der Waals surface area contributed by atoms with Crippen molar-refractivity contribution in [3.63, 3.8) is 0 Å². The molecule has 1 unspecified atom stereocenters. The highest BCUT2D eigenvalue weighted by Gasteiger charge is 2.27. The van der Waals surface area contributed by atoms with Crippen molar-refractivity contribution in [1.29, 1.82) is 0 Å². The Morgan fingerprint density at radius 1 is 1.25 bits per heavy atom. The fourth-order valence-corrected chi connectivity index (χ4v) is 3.14. The van der Waals surface area contributed by atoms with Crippen LogP contribution in [0.3, 0.4) is 0 Å². The number of aromatic nitrogens is 2. The largest absolute Gasteiger partial charge is 0.354 e. The summed E-state index contributed by atoms with van der Waals surface area (Å²) in [5.41, 5.74) is 1.42. The number of amides is 1. The summed E-state index contributed by atoms with van der Waals surface area (Å²) < 4.78 is 0. The monoisotopic (exact) mass is 364 g/mol. The molecule has 0 bridgehead atoms. The van der Waals surface area contributed by atoms with Gasteiger partial charge >= 0.3 is 0 Å². The first kappa shape index (κ1) is 17.0. The van der Waals surface area contributed by atoms with Gasteiger partial charge in [-0.15, -0.1) is 5.10 Å². The first-order valence-corrected chi connectivity index (χ1v) is 8.60. The maximum absolute atomic E-state index is 12.6. The van der Waals surface area contributed by atoms with Crippen molar-refractivity contribution in [3.05, 3.63) is 46.1 Å². The fraction of sp³-hybridized carbons (Fsp3) is 0.353. The molecule has 1 saturated heterocycles. The molecule has 1 atom stereocenters. The molecular formula is C17H18Cl2N4O. The molecule has 1 aliphatic heterocycles. The first-order valence-electron chi connectivity index (χ1n) is 7.85. The maximum Gasteiger partial charge on any atom is 0.229 e. The molecule has 7 heteroatoms. The number of benzene rings is 1. The van der Waals surface area contributed by atoms with Crippen molar-refractivity contribution in [1.82, 2.24) is 10.2 Å². The van der Waals surface area contributed by atoms with Gasteiger partial charge in [0.1, 0.15) is 0 Å². The molecule has 0 radical (unpaired) electrons. The summed E-state index contributed by atoms with van der Waals surface area (Å²) in [5.74, 6) is 0.625. The normalized spacial score (nSPS) is 17.6. The predicted octanol–water partition coefficient (Wildman–Crippen LogP) is 3.95. The van der Waals surface area contributed by atoms with Crippen LogP contribution in [0.2, 0.25) is 10.0 Å². The number of nitrogens with one attached hydrogen (secondary N) is 1. The molecule has 1 amide bonds. The van der Waals surface area contributed by atoms with Crippen molar-refractivity contribution in [3.8, 4) is 0 Å².